The second kappa shape index (κ2) is 5.80. The van der Waals surface area contributed by atoms with Gasteiger partial charge in [0.05, 0.1) is 19.4 Å². The van der Waals surface area contributed by atoms with Crippen LogP contribution in [0.3, 0.4) is 0 Å². The van der Waals surface area contributed by atoms with Crippen molar-refractivity contribution in [2.75, 3.05) is 13.2 Å². The topological polar surface area (TPSA) is 52.8 Å². The van der Waals surface area contributed by atoms with Gasteiger partial charge < -0.3 is 9.47 Å². The molecule has 0 aromatic heterocycles. The van der Waals surface area contributed by atoms with E-state index in [0.717, 1.165) is 45.3 Å². The monoisotopic (exact) mass is 212 g/mol. The Labute approximate surface area is 91.5 Å². The van der Waals surface area contributed by atoms with Gasteiger partial charge >= 0.3 is 0 Å². The lowest BCUT2D eigenvalue weighted by molar-refractivity contribution is -0.0493. The Bertz CT molecular complexity index is 183. The zero-order valence-electron chi connectivity index (χ0n) is 9.15. The fourth-order valence-corrected chi connectivity index (χ4v) is 2.31. The minimum absolute atomic E-state index is 0.00723. The van der Waals surface area contributed by atoms with Crippen LogP contribution >= 0.6 is 0 Å². The van der Waals surface area contributed by atoms with Crippen LogP contribution in [0.2, 0.25) is 0 Å². The lowest BCUT2D eigenvalue weighted by Crippen LogP contribution is -2.38. The van der Waals surface area contributed by atoms with Gasteiger partial charge in [-0.15, -0.1) is 5.73 Å². The summed E-state index contributed by atoms with van der Waals surface area (Å²) in [6.45, 7) is 1.46. The molecule has 86 valence electrons. The van der Waals surface area contributed by atoms with Crippen LogP contribution in [0.25, 0.3) is 0 Å². The molecule has 0 amide bonds. The maximum absolute atomic E-state index is 9.58. The molecule has 0 bridgehead atoms. The number of hydrogen-bond donors (Lipinski definition) is 1. The first-order valence-corrected chi connectivity index (χ1v) is 6.02. The highest BCUT2D eigenvalue weighted by Gasteiger charge is 2.21. The van der Waals surface area contributed by atoms with Crippen molar-refractivity contribution in [2.45, 2.75) is 57.0 Å². The van der Waals surface area contributed by atoms with Crippen molar-refractivity contribution in [3.8, 4) is 0 Å². The highest BCUT2D eigenvalue weighted by molar-refractivity contribution is 4.75. The first-order valence-electron chi connectivity index (χ1n) is 6.02. The minimum Gasteiger partial charge on any atom is -0.350 e. The average Bonchev–Trinajstić information content (AvgIpc) is 2.65. The van der Waals surface area contributed by atoms with Crippen molar-refractivity contribution in [1.29, 1.82) is 0 Å². The summed E-state index contributed by atoms with van der Waals surface area (Å²) in [5, 5.41) is 3.25. The van der Waals surface area contributed by atoms with Gasteiger partial charge in [0.15, 0.2) is 6.29 Å². The Balaban J connectivity index is 1.67. The van der Waals surface area contributed by atoms with E-state index >= 15 is 0 Å². The molecule has 0 aromatic rings. The van der Waals surface area contributed by atoms with E-state index in [9.17, 15) is 5.73 Å². The number of nitrogens with zero attached hydrogens (tertiary/aromatic N) is 1. The number of ether oxygens (including phenoxy) is 2. The van der Waals surface area contributed by atoms with Gasteiger partial charge in [0.25, 0.3) is 0 Å². The molecule has 2 fully saturated rings. The predicted molar refractivity (Wildman–Crippen MR) is 56.2 cm³/mol. The summed E-state index contributed by atoms with van der Waals surface area (Å²) in [7, 11) is 0. The molecule has 2 saturated heterocycles. The third-order valence-corrected chi connectivity index (χ3v) is 3.15. The van der Waals surface area contributed by atoms with Gasteiger partial charge in [0.2, 0.25) is 0 Å². The van der Waals surface area contributed by atoms with E-state index in [4.69, 9.17) is 9.47 Å². The van der Waals surface area contributed by atoms with Crippen LogP contribution in [0, 0.1) is 0 Å². The summed E-state index contributed by atoms with van der Waals surface area (Å²) < 4.78 is 10.8. The number of hydrogen-bond acceptors (Lipinski definition) is 3. The van der Waals surface area contributed by atoms with Crippen molar-refractivity contribution in [1.82, 2.24) is 11.1 Å². The molecule has 2 heterocycles. The first-order chi connectivity index (χ1) is 7.34. The molecule has 2 aliphatic heterocycles. The molecular formula is C11H20N2O2. The van der Waals surface area contributed by atoms with Gasteiger partial charge in [-0.25, -0.2) is 0 Å². The molecule has 2 unspecified atom stereocenters. The molecule has 2 rings (SSSR count). The third kappa shape index (κ3) is 3.72. The van der Waals surface area contributed by atoms with Gasteiger partial charge in [-0.1, -0.05) is 12.8 Å². The molecule has 4 heteroatoms. The molecule has 2 aliphatic rings. The van der Waals surface area contributed by atoms with Crippen molar-refractivity contribution < 1.29 is 9.47 Å². The lowest BCUT2D eigenvalue weighted by Gasteiger charge is -2.19. The molecule has 4 nitrogen and oxygen atoms in total. The molecule has 0 aliphatic carbocycles. The van der Waals surface area contributed by atoms with E-state index in [1.165, 1.54) is 6.42 Å². The van der Waals surface area contributed by atoms with E-state index in [1.54, 1.807) is 0 Å². The maximum atomic E-state index is 9.58. The normalized spacial score (nSPS) is 34.2. The van der Waals surface area contributed by atoms with Crippen molar-refractivity contribution in [2.24, 2.45) is 0 Å². The fourth-order valence-electron chi connectivity index (χ4n) is 2.31. The van der Waals surface area contributed by atoms with Crippen LogP contribution in [0.15, 0.2) is 0 Å². The second-order valence-corrected chi connectivity index (χ2v) is 4.41. The van der Waals surface area contributed by atoms with Gasteiger partial charge in [-0.3, -0.25) is 5.32 Å². The van der Waals surface area contributed by atoms with E-state index in [1.807, 2.05) is 0 Å². The van der Waals surface area contributed by atoms with E-state index in [2.05, 4.69) is 5.32 Å². The van der Waals surface area contributed by atoms with Crippen LogP contribution in [0.1, 0.15) is 38.5 Å². The van der Waals surface area contributed by atoms with E-state index in [-0.39, 0.29) is 12.5 Å². The van der Waals surface area contributed by atoms with Crippen LogP contribution in [-0.4, -0.2) is 31.7 Å². The predicted octanol–water partition coefficient (Wildman–Crippen LogP) is 1.07. The van der Waals surface area contributed by atoms with Gasteiger partial charge in [-0.05, 0) is 25.7 Å². The quantitative estimate of drug-likeness (QED) is 0.761. The summed E-state index contributed by atoms with van der Waals surface area (Å²) in [5.41, 5.74) is 9.58. The summed E-state index contributed by atoms with van der Waals surface area (Å²) in [6.07, 6.45) is 6.01. The number of rotatable bonds is 3. The molecule has 2 atom stereocenters. The Morgan fingerprint density at radius 3 is 2.60 bits per heavy atom. The van der Waals surface area contributed by atoms with Gasteiger partial charge in [0.1, 0.15) is 0 Å². The molecular weight excluding hydrogens is 192 g/mol. The van der Waals surface area contributed by atoms with Gasteiger partial charge in [0, 0.05) is 6.04 Å². The summed E-state index contributed by atoms with van der Waals surface area (Å²) >= 11 is 0. The smallest absolute Gasteiger partial charge is 0.157 e. The van der Waals surface area contributed by atoms with Gasteiger partial charge in [-0.2, -0.15) is 0 Å². The molecule has 1 N–H and O–H groups in total. The van der Waals surface area contributed by atoms with Crippen LogP contribution in [-0.2, 0) is 9.47 Å². The first kappa shape index (κ1) is 11.3. The summed E-state index contributed by atoms with van der Waals surface area (Å²) in [5.74, 6) is 0. The minimum atomic E-state index is -0.317. The lowest BCUT2D eigenvalue weighted by atomic mass is 10.1. The summed E-state index contributed by atoms with van der Waals surface area (Å²) in [6, 6.07) is 0.426. The zero-order valence-corrected chi connectivity index (χ0v) is 9.15. The Morgan fingerprint density at radius 1 is 1.07 bits per heavy atom. The number of nitrogens with one attached hydrogen (secondary N) is 1. The highest BCUT2D eigenvalue weighted by atomic mass is 16.7. The Hall–Kier alpha value is -0.160. The van der Waals surface area contributed by atoms with Crippen LogP contribution in [0.4, 0.5) is 0 Å². The summed E-state index contributed by atoms with van der Waals surface area (Å²) in [4.78, 5) is 0. The molecule has 0 aromatic carbocycles. The van der Waals surface area contributed by atoms with Crippen molar-refractivity contribution in [3.63, 3.8) is 0 Å². The Morgan fingerprint density at radius 2 is 1.80 bits per heavy atom. The van der Waals surface area contributed by atoms with Crippen molar-refractivity contribution in [3.05, 3.63) is 0 Å². The third-order valence-electron chi connectivity index (χ3n) is 3.15. The molecule has 0 saturated carbocycles. The molecule has 15 heavy (non-hydrogen) atoms. The van der Waals surface area contributed by atoms with Crippen molar-refractivity contribution >= 4 is 0 Å². The maximum Gasteiger partial charge on any atom is 0.157 e. The van der Waals surface area contributed by atoms with E-state index < -0.39 is 0 Å². The van der Waals surface area contributed by atoms with E-state index in [0.29, 0.717) is 6.04 Å². The Kier molecular flexibility index (Phi) is 4.38. The second-order valence-electron chi connectivity index (χ2n) is 4.41. The SMILES string of the molecule is [N]C1CCCCC(CCC2OCCO2)N1. The highest BCUT2D eigenvalue weighted by Crippen LogP contribution is 2.18. The molecule has 0 spiro atoms. The largest absolute Gasteiger partial charge is 0.350 e. The average molecular weight is 212 g/mol. The van der Waals surface area contributed by atoms with Crippen LogP contribution < -0.4 is 11.1 Å². The van der Waals surface area contributed by atoms with Crippen LogP contribution in [0.5, 0.6) is 0 Å². The molecule has 2 radical (unpaired) electrons. The zero-order chi connectivity index (χ0) is 10.5. The fraction of sp³-hybridized carbons (Fsp3) is 1.00. The standard InChI is InChI=1S/C11H20N2O2/c12-10-4-2-1-3-9(13-10)5-6-11-14-7-8-15-11/h9-11,13H,1-8H2.